The van der Waals surface area contributed by atoms with Gasteiger partial charge >= 0.3 is 54.5 Å². The molecule has 0 radical (unpaired) electrons. The summed E-state index contributed by atoms with van der Waals surface area (Å²) in [6.07, 6.45) is 0. The van der Waals surface area contributed by atoms with E-state index in [1.54, 1.807) is 0 Å². The van der Waals surface area contributed by atoms with Gasteiger partial charge in [0, 0.05) is 0 Å². The van der Waals surface area contributed by atoms with E-state index in [1.807, 2.05) is 0 Å². The molecule has 0 nitrogen and oxygen atoms in total. The monoisotopic (exact) mass is 226 g/mol. The molecular weight excluding hydrogens is 225 g/mol. The zero-order valence-corrected chi connectivity index (χ0v) is 8.54. The Bertz CT molecular complexity index is 8.00. The summed E-state index contributed by atoms with van der Waals surface area (Å²) in [5, 5.41) is 0. The van der Waals surface area contributed by atoms with Crippen molar-refractivity contribution in [2.75, 3.05) is 0 Å². The predicted molar refractivity (Wildman–Crippen MR) is 15.2 cm³/mol. The molecule has 4 heavy (non-hydrogen) atoms. The first-order chi connectivity index (χ1) is 2.00. The second-order valence-corrected chi connectivity index (χ2v) is 0. The molecule has 0 heterocycles. The molecule has 4 heteroatoms. The zero-order valence-electron chi connectivity index (χ0n) is 1.93. The van der Waals surface area contributed by atoms with E-state index < -0.39 is 0 Å². The summed E-state index contributed by atoms with van der Waals surface area (Å²) in [4.78, 5) is 0. The fraction of sp³-hybridized carbons (Fsp3) is 0. The molecule has 0 N–H and O–H groups in total. The zero-order chi connectivity index (χ0) is 4.00. The summed E-state index contributed by atoms with van der Waals surface area (Å²) in [6.45, 7) is 0. The molecule has 20 valence electrons. The third kappa shape index (κ3) is 9.26. The second kappa shape index (κ2) is 21.8. The molecule has 0 amide bonds. The number of hydrogen-bond acceptors (Lipinski definition) is 2. The van der Waals surface area contributed by atoms with Crippen LogP contribution in [-0.2, 0) is 34.6 Å². The molecule has 0 aromatic carbocycles. The van der Waals surface area contributed by atoms with Crippen LogP contribution in [-0.4, -0.2) is 0 Å². The summed E-state index contributed by atoms with van der Waals surface area (Å²) in [5.41, 5.74) is 0. The van der Waals surface area contributed by atoms with Crippen molar-refractivity contribution < 1.29 is 34.6 Å². The van der Waals surface area contributed by atoms with Gasteiger partial charge in [0.25, 0.3) is 0 Å². The van der Waals surface area contributed by atoms with Crippen LogP contribution in [0.3, 0.4) is 0 Å². The Morgan fingerprint density at radius 3 is 1.25 bits per heavy atom. The SMILES string of the molecule is [S]=[Mo].[S]=[Zn]. The summed E-state index contributed by atoms with van der Waals surface area (Å²) < 4.78 is 0. The molecule has 0 rings (SSSR count). The minimum absolute atomic E-state index is 0.958. The van der Waals surface area contributed by atoms with Crippen molar-refractivity contribution in [3.63, 3.8) is 0 Å². The van der Waals surface area contributed by atoms with E-state index in [-0.39, 0.29) is 0 Å². The van der Waals surface area contributed by atoms with E-state index in [0.29, 0.717) is 0 Å². The van der Waals surface area contributed by atoms with Gasteiger partial charge in [0.2, 0.25) is 0 Å². The molecule has 0 spiro atoms. The topological polar surface area (TPSA) is 0 Å². The number of hydrogen-bond donors (Lipinski definition) is 0. The van der Waals surface area contributed by atoms with Gasteiger partial charge in [-0.15, -0.1) is 0 Å². The first-order valence-corrected chi connectivity index (χ1v) is 7.46. The molecule has 0 aromatic rings. The van der Waals surface area contributed by atoms with Crippen molar-refractivity contribution in [3.8, 4) is 0 Å². The van der Waals surface area contributed by atoms with Gasteiger partial charge < -0.3 is 0 Å². The Kier molecular flexibility index (Phi) is 50.3. The van der Waals surface area contributed by atoms with Crippen molar-refractivity contribution in [1.82, 2.24) is 0 Å². The van der Waals surface area contributed by atoms with E-state index in [1.165, 1.54) is 18.0 Å². The standard InChI is InChI=1S/Mo.2S.Zn. The summed E-state index contributed by atoms with van der Waals surface area (Å²) >= 11 is 2.49. The molecular formula is MoS2Zn. The quantitative estimate of drug-likeness (QED) is 0.570. The maximum atomic E-state index is 4.21. The Morgan fingerprint density at radius 1 is 1.25 bits per heavy atom. The molecule has 0 atom stereocenters. The van der Waals surface area contributed by atoms with Crippen molar-refractivity contribution in [3.05, 3.63) is 0 Å². The molecule has 0 aromatic heterocycles. The van der Waals surface area contributed by atoms with Gasteiger partial charge in [-0.1, -0.05) is 0 Å². The van der Waals surface area contributed by atoms with Gasteiger partial charge in [-0.2, -0.15) is 0 Å². The first-order valence-electron chi connectivity index (χ1n) is 0.455. The fourth-order valence-corrected chi connectivity index (χ4v) is 0. The maximum absolute atomic E-state index is 4.21. The number of rotatable bonds is 0. The average molecular weight is 225 g/mol. The van der Waals surface area contributed by atoms with Crippen molar-refractivity contribution in [2.24, 2.45) is 0 Å². The van der Waals surface area contributed by atoms with E-state index in [2.05, 4.69) is 19.9 Å². The van der Waals surface area contributed by atoms with E-state index >= 15 is 0 Å². The minimum atomic E-state index is 0.958. The average Bonchev–Trinajstić information content (AvgIpc) is 1.50. The first kappa shape index (κ1) is 9.23. The van der Waals surface area contributed by atoms with E-state index in [9.17, 15) is 0 Å². The van der Waals surface area contributed by atoms with Crippen LogP contribution < -0.4 is 0 Å². The Hall–Kier alpha value is 1.75. The van der Waals surface area contributed by atoms with Crippen LogP contribution >= 0.6 is 19.9 Å². The Labute approximate surface area is 54.0 Å². The molecule has 0 aliphatic rings. The van der Waals surface area contributed by atoms with Gasteiger partial charge in [0.1, 0.15) is 0 Å². The van der Waals surface area contributed by atoms with Crippen LogP contribution in [0.2, 0.25) is 0 Å². The third-order valence-corrected chi connectivity index (χ3v) is 0. The summed E-state index contributed by atoms with van der Waals surface area (Å²) in [7, 11) is 8.30. The molecule has 0 fully saturated rings. The second-order valence-electron chi connectivity index (χ2n) is 0. The Balaban J connectivity index is 0. The third-order valence-electron chi connectivity index (χ3n) is 0. The van der Waals surface area contributed by atoms with Crippen LogP contribution in [0.1, 0.15) is 0 Å². The van der Waals surface area contributed by atoms with Crippen LogP contribution in [0.4, 0.5) is 0 Å². The molecule has 0 saturated carbocycles. The molecule has 0 aliphatic heterocycles. The van der Waals surface area contributed by atoms with E-state index in [0.717, 1.165) is 16.6 Å². The van der Waals surface area contributed by atoms with Crippen LogP contribution in [0.5, 0.6) is 0 Å². The van der Waals surface area contributed by atoms with Crippen molar-refractivity contribution in [2.45, 2.75) is 0 Å². The Morgan fingerprint density at radius 2 is 1.25 bits per heavy atom. The van der Waals surface area contributed by atoms with Gasteiger partial charge in [-0.05, 0) is 0 Å². The fourth-order valence-electron chi connectivity index (χ4n) is 0. The van der Waals surface area contributed by atoms with Crippen LogP contribution in [0, 0.1) is 0 Å². The molecule has 0 unspecified atom stereocenters. The molecule has 0 bridgehead atoms. The van der Waals surface area contributed by atoms with Crippen LogP contribution in [0.15, 0.2) is 0 Å². The molecule has 0 aliphatic carbocycles. The predicted octanol–water partition coefficient (Wildman–Crippen LogP) is 1.29. The van der Waals surface area contributed by atoms with Gasteiger partial charge in [-0.3, -0.25) is 0 Å². The normalized spacial score (nSPS) is 2.50. The van der Waals surface area contributed by atoms with Gasteiger partial charge in [0.15, 0.2) is 0 Å². The van der Waals surface area contributed by atoms with Crippen LogP contribution in [0.25, 0.3) is 0 Å². The molecule has 0 saturated heterocycles. The van der Waals surface area contributed by atoms with Crippen molar-refractivity contribution >= 4 is 19.9 Å². The van der Waals surface area contributed by atoms with Crippen molar-refractivity contribution in [1.29, 1.82) is 0 Å². The summed E-state index contributed by atoms with van der Waals surface area (Å²) in [5.74, 6) is 0. The van der Waals surface area contributed by atoms with Gasteiger partial charge in [-0.25, -0.2) is 0 Å². The van der Waals surface area contributed by atoms with E-state index in [4.69, 9.17) is 0 Å². The summed E-state index contributed by atoms with van der Waals surface area (Å²) in [6, 6.07) is 0. The van der Waals surface area contributed by atoms with Gasteiger partial charge in [0.05, 0.1) is 0 Å².